The zero-order valence-electron chi connectivity index (χ0n) is 14.3. The van der Waals surface area contributed by atoms with Crippen molar-refractivity contribution in [1.82, 2.24) is 0 Å². The van der Waals surface area contributed by atoms with Crippen LogP contribution in [0.4, 0.5) is 0 Å². The Morgan fingerprint density at radius 1 is 1.07 bits per heavy atom. The number of halogens is 1. The molecule has 7 heteroatoms. The topological polar surface area (TPSA) is 78.1 Å². The molecular weight excluding hydrogens is 426 g/mol. The van der Waals surface area contributed by atoms with Crippen LogP contribution in [0.5, 0.6) is 5.75 Å². The number of ether oxygens (including phenoxy) is 2. The van der Waals surface area contributed by atoms with Crippen LogP contribution in [0, 0.1) is 0 Å². The van der Waals surface area contributed by atoms with E-state index in [2.05, 4.69) is 20.9 Å². The number of esters is 2. The Hall–Kier alpha value is -3.45. The lowest BCUT2D eigenvalue weighted by atomic mass is 10.1. The minimum absolute atomic E-state index is 0.0708. The number of benzene rings is 2. The van der Waals surface area contributed by atoms with E-state index in [4.69, 9.17) is 13.9 Å². The highest BCUT2D eigenvalue weighted by molar-refractivity contribution is 9.10. The third kappa shape index (κ3) is 3.79. The van der Waals surface area contributed by atoms with Crippen LogP contribution in [0.25, 0.3) is 6.08 Å². The van der Waals surface area contributed by atoms with Gasteiger partial charge in [0.15, 0.2) is 11.5 Å². The number of nitrogens with zero attached hydrogens (tertiary/aromatic N) is 1. The van der Waals surface area contributed by atoms with Crippen LogP contribution in [0.2, 0.25) is 0 Å². The molecule has 0 fully saturated rings. The van der Waals surface area contributed by atoms with Gasteiger partial charge in [0, 0.05) is 10.0 Å². The molecule has 1 aromatic heterocycles. The molecule has 1 aliphatic rings. The maximum absolute atomic E-state index is 12.4. The van der Waals surface area contributed by atoms with E-state index in [0.717, 1.165) is 4.47 Å². The standard InChI is InChI=1S/C21H12BrNO5/c22-15-8-9-17(27-20(24)13-5-2-1-3-6-13)14(11-15)12-16-21(25)28-19(23-16)18-7-4-10-26-18/h1-12H/b16-12+. The highest BCUT2D eigenvalue weighted by atomic mass is 79.9. The molecule has 0 saturated carbocycles. The molecule has 0 saturated heterocycles. The molecule has 4 rings (SSSR count). The third-order valence-electron chi connectivity index (χ3n) is 3.83. The maximum atomic E-state index is 12.4. The van der Waals surface area contributed by atoms with Gasteiger partial charge in [-0.2, -0.15) is 0 Å². The molecule has 0 amide bonds. The van der Waals surface area contributed by atoms with E-state index < -0.39 is 11.9 Å². The number of carbonyl (C=O) groups is 2. The highest BCUT2D eigenvalue weighted by Gasteiger charge is 2.26. The van der Waals surface area contributed by atoms with Gasteiger partial charge in [0.25, 0.3) is 5.90 Å². The Kier molecular flexibility index (Phi) is 4.90. The third-order valence-corrected chi connectivity index (χ3v) is 4.32. The van der Waals surface area contributed by atoms with Gasteiger partial charge in [0.1, 0.15) is 5.75 Å². The number of hydrogen-bond acceptors (Lipinski definition) is 6. The first-order valence-electron chi connectivity index (χ1n) is 8.23. The summed E-state index contributed by atoms with van der Waals surface area (Å²) in [5.74, 6) is -0.400. The zero-order valence-corrected chi connectivity index (χ0v) is 15.9. The molecular formula is C21H12BrNO5. The molecule has 0 unspecified atom stereocenters. The van der Waals surface area contributed by atoms with E-state index in [1.807, 2.05) is 6.07 Å². The van der Waals surface area contributed by atoms with E-state index in [0.29, 0.717) is 22.6 Å². The first kappa shape index (κ1) is 17.9. The average molecular weight is 438 g/mol. The average Bonchev–Trinajstić information content (AvgIpc) is 3.35. The van der Waals surface area contributed by atoms with Gasteiger partial charge in [-0.15, -0.1) is 0 Å². The van der Waals surface area contributed by atoms with Gasteiger partial charge in [0.2, 0.25) is 0 Å². The molecule has 2 heterocycles. The molecule has 2 aromatic carbocycles. The van der Waals surface area contributed by atoms with Crippen LogP contribution >= 0.6 is 15.9 Å². The molecule has 6 nitrogen and oxygen atoms in total. The predicted molar refractivity (Wildman–Crippen MR) is 105 cm³/mol. The van der Waals surface area contributed by atoms with Crippen LogP contribution in [-0.2, 0) is 9.53 Å². The summed E-state index contributed by atoms with van der Waals surface area (Å²) in [5, 5.41) is 0. The van der Waals surface area contributed by atoms with Crippen LogP contribution in [0.1, 0.15) is 21.7 Å². The monoisotopic (exact) mass is 437 g/mol. The summed E-state index contributed by atoms with van der Waals surface area (Å²) in [4.78, 5) is 28.7. The van der Waals surface area contributed by atoms with Crippen molar-refractivity contribution in [2.45, 2.75) is 0 Å². The fraction of sp³-hybridized carbons (Fsp3) is 0. The fourth-order valence-electron chi connectivity index (χ4n) is 2.52. The van der Waals surface area contributed by atoms with Crippen molar-refractivity contribution in [3.63, 3.8) is 0 Å². The second kappa shape index (κ2) is 7.66. The van der Waals surface area contributed by atoms with Crippen molar-refractivity contribution < 1.29 is 23.5 Å². The first-order valence-corrected chi connectivity index (χ1v) is 9.03. The van der Waals surface area contributed by atoms with E-state index in [9.17, 15) is 9.59 Å². The Balaban J connectivity index is 1.66. The van der Waals surface area contributed by atoms with Crippen LogP contribution in [-0.4, -0.2) is 17.8 Å². The van der Waals surface area contributed by atoms with Crippen molar-refractivity contribution >= 4 is 39.8 Å². The number of carbonyl (C=O) groups excluding carboxylic acids is 2. The fourth-order valence-corrected chi connectivity index (χ4v) is 2.90. The van der Waals surface area contributed by atoms with Crippen molar-refractivity contribution in [1.29, 1.82) is 0 Å². The summed E-state index contributed by atoms with van der Waals surface area (Å²) < 4.78 is 16.6. The zero-order chi connectivity index (χ0) is 19.5. The molecule has 0 radical (unpaired) electrons. The summed E-state index contributed by atoms with van der Waals surface area (Å²) in [5.41, 5.74) is 0.985. The summed E-state index contributed by atoms with van der Waals surface area (Å²) in [6.45, 7) is 0. The second-order valence-electron chi connectivity index (χ2n) is 5.75. The lowest BCUT2D eigenvalue weighted by molar-refractivity contribution is -0.130. The molecule has 0 atom stereocenters. The Bertz CT molecular complexity index is 1100. The molecule has 3 aromatic rings. The Morgan fingerprint density at radius 3 is 2.64 bits per heavy atom. The maximum Gasteiger partial charge on any atom is 0.363 e. The molecule has 0 spiro atoms. The number of cyclic esters (lactones) is 1. The molecule has 28 heavy (non-hydrogen) atoms. The molecule has 0 aliphatic carbocycles. The lowest BCUT2D eigenvalue weighted by Crippen LogP contribution is -2.09. The normalized spacial score (nSPS) is 14.7. The molecule has 0 N–H and O–H groups in total. The van der Waals surface area contributed by atoms with Crippen molar-refractivity contribution in [2.75, 3.05) is 0 Å². The summed E-state index contributed by atoms with van der Waals surface area (Å²) >= 11 is 3.38. The van der Waals surface area contributed by atoms with E-state index in [1.165, 1.54) is 12.3 Å². The molecule has 138 valence electrons. The first-order chi connectivity index (χ1) is 13.6. The van der Waals surface area contributed by atoms with E-state index >= 15 is 0 Å². The molecule has 1 aliphatic heterocycles. The lowest BCUT2D eigenvalue weighted by Gasteiger charge is -2.08. The van der Waals surface area contributed by atoms with Gasteiger partial charge in [-0.1, -0.05) is 34.1 Å². The van der Waals surface area contributed by atoms with Crippen molar-refractivity contribution in [2.24, 2.45) is 4.99 Å². The Morgan fingerprint density at radius 2 is 1.89 bits per heavy atom. The number of aliphatic imine (C=N–C) groups is 1. The highest BCUT2D eigenvalue weighted by Crippen LogP contribution is 2.28. The van der Waals surface area contributed by atoms with Crippen molar-refractivity contribution in [3.05, 3.63) is 94.0 Å². The number of furan rings is 1. The smallest absolute Gasteiger partial charge is 0.363 e. The number of rotatable bonds is 4. The van der Waals surface area contributed by atoms with Gasteiger partial charge >= 0.3 is 11.9 Å². The van der Waals surface area contributed by atoms with Gasteiger partial charge in [0.05, 0.1) is 11.8 Å². The van der Waals surface area contributed by atoms with Crippen LogP contribution in [0.3, 0.4) is 0 Å². The van der Waals surface area contributed by atoms with E-state index in [-0.39, 0.29) is 11.6 Å². The largest absolute Gasteiger partial charge is 0.459 e. The number of hydrogen-bond donors (Lipinski definition) is 0. The summed E-state index contributed by atoms with van der Waals surface area (Å²) in [6, 6.07) is 17.0. The minimum atomic E-state index is -0.619. The van der Waals surface area contributed by atoms with E-state index in [1.54, 1.807) is 54.6 Å². The summed E-state index contributed by atoms with van der Waals surface area (Å²) in [6.07, 6.45) is 2.96. The molecule has 0 bridgehead atoms. The quantitative estimate of drug-likeness (QED) is 0.338. The van der Waals surface area contributed by atoms with Crippen molar-refractivity contribution in [3.8, 4) is 5.75 Å². The van der Waals surface area contributed by atoms with Crippen LogP contribution in [0.15, 0.2) is 86.5 Å². The van der Waals surface area contributed by atoms with Crippen LogP contribution < -0.4 is 4.74 Å². The van der Waals surface area contributed by atoms with Gasteiger partial charge in [-0.3, -0.25) is 0 Å². The summed E-state index contributed by atoms with van der Waals surface area (Å²) in [7, 11) is 0. The predicted octanol–water partition coefficient (Wildman–Crippen LogP) is 4.61. The second-order valence-corrected chi connectivity index (χ2v) is 6.67. The van der Waals surface area contributed by atoms with Gasteiger partial charge in [-0.05, 0) is 48.5 Å². The Labute approximate surface area is 168 Å². The minimum Gasteiger partial charge on any atom is -0.459 e. The van der Waals surface area contributed by atoms with Gasteiger partial charge in [-0.25, -0.2) is 14.6 Å². The SMILES string of the molecule is O=C1OC(c2ccco2)=N/C1=C/c1cc(Br)ccc1OC(=O)c1ccccc1. The van der Waals surface area contributed by atoms with Gasteiger partial charge < -0.3 is 13.9 Å².